The van der Waals surface area contributed by atoms with Gasteiger partial charge in [-0.15, -0.1) is 0 Å². The second kappa shape index (κ2) is 11.9. The Morgan fingerprint density at radius 2 is 1.60 bits per heavy atom. The molecular formula is C28H32Cl2N4O. The molecule has 1 saturated heterocycles. The highest BCUT2D eigenvalue weighted by Crippen LogP contribution is 2.23. The summed E-state index contributed by atoms with van der Waals surface area (Å²) in [6.07, 6.45) is 3.72. The first-order valence-electron chi connectivity index (χ1n) is 12.0. The standard InChI is InChI=1S/C28H32Cl2N4O/c1-21(2)27-20-33(13-12-32(27)19-24-8-5-11-31-16-24)28(35)34(17-22-6-3-9-25(29)14-22)18-23-7-4-10-26(30)15-23/h3-11,14-16,21,27H,12-13,17-20H2,1-2H3/t27-/m1/s1. The number of hydrogen-bond acceptors (Lipinski definition) is 3. The zero-order valence-corrected chi connectivity index (χ0v) is 21.8. The Balaban J connectivity index is 1.52. The fourth-order valence-corrected chi connectivity index (χ4v) is 5.10. The van der Waals surface area contributed by atoms with Gasteiger partial charge in [-0.25, -0.2) is 4.79 Å². The van der Waals surface area contributed by atoms with Crippen LogP contribution < -0.4 is 0 Å². The van der Waals surface area contributed by atoms with Gasteiger partial charge < -0.3 is 9.80 Å². The first-order chi connectivity index (χ1) is 16.9. The lowest BCUT2D eigenvalue weighted by atomic mass is 9.99. The molecule has 0 spiro atoms. The maximum absolute atomic E-state index is 13.9. The van der Waals surface area contributed by atoms with E-state index in [2.05, 4.69) is 29.8 Å². The molecule has 0 saturated carbocycles. The van der Waals surface area contributed by atoms with E-state index in [0.717, 1.165) is 24.2 Å². The van der Waals surface area contributed by atoms with Crippen molar-refractivity contribution in [3.05, 3.63) is 99.8 Å². The largest absolute Gasteiger partial charge is 0.322 e. The number of nitrogens with zero attached hydrogens (tertiary/aromatic N) is 4. The Morgan fingerprint density at radius 1 is 0.971 bits per heavy atom. The quantitative estimate of drug-likeness (QED) is 0.371. The fourth-order valence-electron chi connectivity index (χ4n) is 4.68. The summed E-state index contributed by atoms with van der Waals surface area (Å²) in [5.74, 6) is 0.414. The second-order valence-corrected chi connectivity index (χ2v) is 10.4. The van der Waals surface area contributed by atoms with Crippen LogP contribution in [0.25, 0.3) is 0 Å². The van der Waals surface area contributed by atoms with Gasteiger partial charge in [0.05, 0.1) is 0 Å². The summed E-state index contributed by atoms with van der Waals surface area (Å²) in [5.41, 5.74) is 3.20. The molecule has 0 aliphatic carbocycles. The van der Waals surface area contributed by atoms with E-state index in [1.807, 2.05) is 70.6 Å². The molecule has 0 N–H and O–H groups in total. The number of carbonyl (C=O) groups excluding carboxylic acids is 1. The molecule has 1 fully saturated rings. The lowest BCUT2D eigenvalue weighted by molar-refractivity contribution is 0.0475. The minimum Gasteiger partial charge on any atom is -0.322 e. The van der Waals surface area contributed by atoms with Gasteiger partial charge in [0.1, 0.15) is 0 Å². The zero-order chi connectivity index (χ0) is 24.8. The number of urea groups is 1. The molecule has 0 unspecified atom stereocenters. The molecule has 1 aromatic heterocycles. The number of pyridine rings is 1. The van der Waals surface area contributed by atoms with E-state index in [4.69, 9.17) is 23.2 Å². The first-order valence-corrected chi connectivity index (χ1v) is 12.8. The van der Waals surface area contributed by atoms with Gasteiger partial charge in [-0.2, -0.15) is 0 Å². The lowest BCUT2D eigenvalue weighted by Crippen LogP contribution is -2.58. The maximum Gasteiger partial charge on any atom is 0.320 e. The maximum atomic E-state index is 13.9. The average molecular weight is 511 g/mol. The Bertz CT molecular complexity index is 1080. The van der Waals surface area contributed by atoms with Crippen molar-refractivity contribution in [2.75, 3.05) is 19.6 Å². The van der Waals surface area contributed by atoms with Gasteiger partial charge >= 0.3 is 6.03 Å². The molecule has 184 valence electrons. The molecule has 35 heavy (non-hydrogen) atoms. The molecule has 3 aromatic rings. The van der Waals surface area contributed by atoms with Crippen molar-refractivity contribution >= 4 is 29.2 Å². The molecular weight excluding hydrogens is 479 g/mol. The van der Waals surface area contributed by atoms with Crippen molar-refractivity contribution in [3.8, 4) is 0 Å². The number of aromatic nitrogens is 1. The highest BCUT2D eigenvalue weighted by molar-refractivity contribution is 6.30. The monoisotopic (exact) mass is 510 g/mol. The second-order valence-electron chi connectivity index (χ2n) is 9.49. The molecule has 4 rings (SSSR count). The third kappa shape index (κ3) is 6.97. The molecule has 1 aliphatic rings. The van der Waals surface area contributed by atoms with Gasteiger partial charge in [0, 0.05) is 67.7 Å². The Hall–Kier alpha value is -2.60. The van der Waals surface area contributed by atoms with Gasteiger partial charge in [-0.05, 0) is 52.9 Å². The molecule has 5 nitrogen and oxygen atoms in total. The summed E-state index contributed by atoms with van der Waals surface area (Å²) in [6, 6.07) is 19.8. The smallest absolute Gasteiger partial charge is 0.320 e. The van der Waals surface area contributed by atoms with Crippen LogP contribution in [0.15, 0.2) is 73.1 Å². The number of rotatable bonds is 7. The van der Waals surface area contributed by atoms with E-state index < -0.39 is 0 Å². The number of benzene rings is 2. The predicted molar refractivity (Wildman–Crippen MR) is 142 cm³/mol. The number of carbonyl (C=O) groups is 1. The Kier molecular flexibility index (Phi) is 8.66. The number of halogens is 2. The topological polar surface area (TPSA) is 39.7 Å². The van der Waals surface area contributed by atoms with E-state index in [-0.39, 0.29) is 12.1 Å². The zero-order valence-electron chi connectivity index (χ0n) is 20.3. The van der Waals surface area contributed by atoms with Crippen LogP contribution >= 0.6 is 23.2 Å². The normalized spacial score (nSPS) is 16.5. The van der Waals surface area contributed by atoms with Crippen LogP contribution in [-0.4, -0.2) is 51.4 Å². The van der Waals surface area contributed by atoms with Gasteiger partial charge in [-0.3, -0.25) is 9.88 Å². The summed E-state index contributed by atoms with van der Waals surface area (Å²) in [7, 11) is 0. The van der Waals surface area contributed by atoms with Crippen LogP contribution in [0.2, 0.25) is 10.0 Å². The van der Waals surface area contributed by atoms with E-state index in [9.17, 15) is 4.79 Å². The van der Waals surface area contributed by atoms with E-state index >= 15 is 0 Å². The number of hydrogen-bond donors (Lipinski definition) is 0. The molecule has 0 bridgehead atoms. The van der Waals surface area contributed by atoms with Crippen molar-refractivity contribution in [1.29, 1.82) is 0 Å². The van der Waals surface area contributed by atoms with Gasteiger partial charge in [0.25, 0.3) is 0 Å². The fraction of sp³-hybridized carbons (Fsp3) is 0.357. The SMILES string of the molecule is CC(C)[C@H]1CN(C(=O)N(Cc2cccc(Cl)c2)Cc2cccc(Cl)c2)CCN1Cc1cccnc1. The van der Waals surface area contributed by atoms with Crippen LogP contribution in [0.5, 0.6) is 0 Å². The van der Waals surface area contributed by atoms with Crippen LogP contribution in [-0.2, 0) is 19.6 Å². The van der Waals surface area contributed by atoms with Gasteiger partial charge in [-0.1, -0.05) is 67.4 Å². The highest BCUT2D eigenvalue weighted by Gasteiger charge is 2.33. The van der Waals surface area contributed by atoms with Crippen LogP contribution in [0.4, 0.5) is 4.79 Å². The molecule has 2 aromatic carbocycles. The van der Waals surface area contributed by atoms with Crippen molar-refractivity contribution in [3.63, 3.8) is 0 Å². The van der Waals surface area contributed by atoms with Crippen molar-refractivity contribution in [2.24, 2.45) is 5.92 Å². The minimum atomic E-state index is 0.0385. The van der Waals surface area contributed by atoms with Crippen molar-refractivity contribution in [1.82, 2.24) is 19.7 Å². The first kappa shape index (κ1) is 25.5. The van der Waals surface area contributed by atoms with Gasteiger partial charge in [0.2, 0.25) is 0 Å². The summed E-state index contributed by atoms with van der Waals surface area (Å²) < 4.78 is 0. The third-order valence-corrected chi connectivity index (χ3v) is 6.95. The van der Waals surface area contributed by atoms with Crippen LogP contribution in [0, 0.1) is 5.92 Å². The van der Waals surface area contributed by atoms with Gasteiger partial charge in [0.15, 0.2) is 0 Å². The van der Waals surface area contributed by atoms with Crippen LogP contribution in [0.3, 0.4) is 0 Å². The summed E-state index contributed by atoms with van der Waals surface area (Å²) in [5, 5.41) is 1.34. The van der Waals surface area contributed by atoms with Crippen molar-refractivity contribution < 1.29 is 4.79 Å². The summed E-state index contributed by atoms with van der Waals surface area (Å²) >= 11 is 12.5. The summed E-state index contributed by atoms with van der Waals surface area (Å²) in [6.45, 7) is 8.46. The molecule has 2 heterocycles. The minimum absolute atomic E-state index is 0.0385. The lowest BCUT2D eigenvalue weighted by Gasteiger charge is -2.44. The van der Waals surface area contributed by atoms with Crippen LogP contribution in [0.1, 0.15) is 30.5 Å². The molecule has 7 heteroatoms. The third-order valence-electron chi connectivity index (χ3n) is 6.48. The highest BCUT2D eigenvalue weighted by atomic mass is 35.5. The van der Waals surface area contributed by atoms with E-state index in [1.165, 1.54) is 5.56 Å². The molecule has 2 amide bonds. The Morgan fingerprint density at radius 3 is 2.14 bits per heavy atom. The molecule has 1 aliphatic heterocycles. The average Bonchev–Trinajstić information content (AvgIpc) is 2.84. The summed E-state index contributed by atoms with van der Waals surface area (Å²) in [4.78, 5) is 24.5. The predicted octanol–water partition coefficient (Wildman–Crippen LogP) is 6.35. The molecule has 0 radical (unpaired) electrons. The van der Waals surface area contributed by atoms with Crippen molar-refractivity contribution in [2.45, 2.75) is 39.5 Å². The molecule has 1 atom stereocenters. The van der Waals surface area contributed by atoms with E-state index in [1.54, 1.807) is 6.20 Å². The van der Waals surface area contributed by atoms with E-state index in [0.29, 0.717) is 42.1 Å². The Labute approximate surface area is 218 Å². The number of piperazine rings is 1. The number of amides is 2.